The van der Waals surface area contributed by atoms with Crippen LogP contribution in [0.1, 0.15) is 17.1 Å². The maximum absolute atomic E-state index is 12.1. The standard InChI is InChI=1S/C15H18NO5P/c1-19-22(18,20-2)15(17)12-6-8-14(9-7-12)21-11-13-5-3-4-10-16-13/h3-10,15,17H,11H2,1-2H3. The zero-order valence-corrected chi connectivity index (χ0v) is 13.3. The number of pyridine rings is 1. The van der Waals surface area contributed by atoms with E-state index in [1.54, 1.807) is 30.5 Å². The second-order valence-corrected chi connectivity index (χ2v) is 6.76. The zero-order chi connectivity index (χ0) is 16.0. The molecule has 0 spiro atoms. The van der Waals surface area contributed by atoms with Crippen molar-refractivity contribution in [3.63, 3.8) is 0 Å². The fraction of sp³-hybridized carbons (Fsp3) is 0.267. The summed E-state index contributed by atoms with van der Waals surface area (Å²) in [5.74, 6) is -0.724. The van der Waals surface area contributed by atoms with E-state index in [0.717, 1.165) is 5.69 Å². The van der Waals surface area contributed by atoms with E-state index in [0.29, 0.717) is 17.9 Å². The first-order valence-electron chi connectivity index (χ1n) is 6.61. The van der Waals surface area contributed by atoms with Crippen molar-refractivity contribution in [2.75, 3.05) is 14.2 Å². The van der Waals surface area contributed by atoms with Crippen molar-refractivity contribution in [3.05, 3.63) is 59.9 Å². The predicted molar refractivity (Wildman–Crippen MR) is 81.6 cm³/mol. The van der Waals surface area contributed by atoms with E-state index in [1.165, 1.54) is 14.2 Å². The smallest absolute Gasteiger partial charge is 0.362 e. The van der Waals surface area contributed by atoms with Crippen LogP contribution >= 0.6 is 7.60 Å². The van der Waals surface area contributed by atoms with Crippen LogP contribution in [0.5, 0.6) is 5.75 Å². The van der Waals surface area contributed by atoms with Crippen molar-refractivity contribution in [1.29, 1.82) is 0 Å². The fourth-order valence-electron chi connectivity index (χ4n) is 1.83. The fourth-order valence-corrected chi connectivity index (χ4v) is 2.92. The Morgan fingerprint density at radius 3 is 2.36 bits per heavy atom. The minimum Gasteiger partial charge on any atom is -0.487 e. The van der Waals surface area contributed by atoms with Crippen molar-refractivity contribution in [3.8, 4) is 5.75 Å². The topological polar surface area (TPSA) is 77.9 Å². The number of aliphatic hydroxyl groups is 1. The highest BCUT2D eigenvalue weighted by Crippen LogP contribution is 2.58. The molecular weight excluding hydrogens is 305 g/mol. The van der Waals surface area contributed by atoms with E-state index in [4.69, 9.17) is 13.8 Å². The summed E-state index contributed by atoms with van der Waals surface area (Å²) in [4.78, 5) is 4.16. The second kappa shape index (κ2) is 7.51. The lowest BCUT2D eigenvalue weighted by atomic mass is 10.2. The molecular formula is C15H18NO5P. The van der Waals surface area contributed by atoms with Crippen LogP contribution in [0, 0.1) is 0 Å². The van der Waals surface area contributed by atoms with Gasteiger partial charge in [-0.05, 0) is 29.8 Å². The van der Waals surface area contributed by atoms with Gasteiger partial charge in [0.25, 0.3) is 0 Å². The molecule has 6 nitrogen and oxygen atoms in total. The molecule has 0 fully saturated rings. The van der Waals surface area contributed by atoms with E-state index >= 15 is 0 Å². The van der Waals surface area contributed by atoms with Crippen LogP contribution in [0.2, 0.25) is 0 Å². The Morgan fingerprint density at radius 1 is 1.14 bits per heavy atom. The average Bonchev–Trinajstić information content (AvgIpc) is 2.60. The monoisotopic (exact) mass is 323 g/mol. The second-order valence-electron chi connectivity index (χ2n) is 4.46. The molecule has 1 aromatic heterocycles. The normalized spacial score (nSPS) is 12.9. The Morgan fingerprint density at radius 2 is 1.82 bits per heavy atom. The predicted octanol–water partition coefficient (Wildman–Crippen LogP) is 3.14. The molecule has 1 heterocycles. The number of hydrogen-bond donors (Lipinski definition) is 1. The Balaban J connectivity index is 2.02. The lowest BCUT2D eigenvalue weighted by molar-refractivity contribution is 0.176. The molecule has 1 atom stereocenters. The molecule has 0 aliphatic rings. The van der Waals surface area contributed by atoms with Gasteiger partial charge in [-0.15, -0.1) is 0 Å². The van der Waals surface area contributed by atoms with Gasteiger partial charge in [0.15, 0.2) is 5.85 Å². The van der Waals surface area contributed by atoms with Gasteiger partial charge in [-0.25, -0.2) is 0 Å². The summed E-state index contributed by atoms with van der Waals surface area (Å²) in [6.07, 6.45) is 1.70. The van der Waals surface area contributed by atoms with Crippen LogP contribution in [0.25, 0.3) is 0 Å². The van der Waals surface area contributed by atoms with Crippen LogP contribution in [0.15, 0.2) is 48.7 Å². The first-order valence-corrected chi connectivity index (χ1v) is 8.22. The lowest BCUT2D eigenvalue weighted by Gasteiger charge is -2.20. The molecule has 0 radical (unpaired) electrons. The molecule has 0 saturated heterocycles. The summed E-state index contributed by atoms with van der Waals surface area (Å²) in [6.45, 7) is 0.345. The van der Waals surface area contributed by atoms with Gasteiger partial charge in [0.2, 0.25) is 0 Å². The van der Waals surface area contributed by atoms with E-state index in [1.807, 2.05) is 18.2 Å². The molecule has 7 heteroatoms. The highest BCUT2D eigenvalue weighted by atomic mass is 31.2. The van der Waals surface area contributed by atoms with E-state index in [-0.39, 0.29) is 0 Å². The maximum atomic E-state index is 12.1. The lowest BCUT2D eigenvalue weighted by Crippen LogP contribution is -2.03. The van der Waals surface area contributed by atoms with Gasteiger partial charge in [0.1, 0.15) is 12.4 Å². The van der Waals surface area contributed by atoms with Crippen molar-refractivity contribution in [2.24, 2.45) is 0 Å². The maximum Gasteiger partial charge on any atom is 0.362 e. The summed E-state index contributed by atoms with van der Waals surface area (Å²) in [5.41, 5.74) is 1.24. The summed E-state index contributed by atoms with van der Waals surface area (Å²) in [5, 5.41) is 10.1. The molecule has 0 amide bonds. The molecule has 1 aromatic carbocycles. The Bertz CT molecular complexity index is 624. The van der Waals surface area contributed by atoms with E-state index < -0.39 is 13.4 Å². The molecule has 0 aliphatic heterocycles. The van der Waals surface area contributed by atoms with Crippen molar-refractivity contribution < 1.29 is 23.5 Å². The zero-order valence-electron chi connectivity index (χ0n) is 12.4. The minimum atomic E-state index is -3.57. The number of nitrogens with zero attached hydrogens (tertiary/aromatic N) is 1. The third kappa shape index (κ3) is 3.93. The number of benzene rings is 1. The van der Waals surface area contributed by atoms with Crippen molar-refractivity contribution in [1.82, 2.24) is 4.98 Å². The summed E-state index contributed by atoms with van der Waals surface area (Å²) >= 11 is 0. The van der Waals surface area contributed by atoms with Crippen molar-refractivity contribution in [2.45, 2.75) is 12.5 Å². The SMILES string of the molecule is COP(=O)(OC)C(O)c1ccc(OCc2ccccn2)cc1. The molecule has 2 aromatic rings. The number of rotatable bonds is 7. The molecule has 0 aliphatic carbocycles. The largest absolute Gasteiger partial charge is 0.487 e. The number of hydrogen-bond acceptors (Lipinski definition) is 6. The third-order valence-electron chi connectivity index (χ3n) is 3.10. The Kier molecular flexibility index (Phi) is 5.69. The van der Waals surface area contributed by atoms with Gasteiger partial charge in [-0.2, -0.15) is 0 Å². The Hall–Kier alpha value is -1.72. The molecule has 1 unspecified atom stereocenters. The van der Waals surface area contributed by atoms with Crippen LogP contribution in [0.4, 0.5) is 0 Å². The van der Waals surface area contributed by atoms with Gasteiger partial charge < -0.3 is 18.9 Å². The molecule has 0 bridgehead atoms. The van der Waals surface area contributed by atoms with Crippen LogP contribution in [-0.2, 0) is 20.2 Å². The van der Waals surface area contributed by atoms with Gasteiger partial charge in [0, 0.05) is 20.4 Å². The number of ether oxygens (including phenoxy) is 1. The quantitative estimate of drug-likeness (QED) is 0.789. The average molecular weight is 323 g/mol. The summed E-state index contributed by atoms with van der Waals surface area (Å²) in [7, 11) is -1.10. The highest BCUT2D eigenvalue weighted by molar-refractivity contribution is 7.53. The van der Waals surface area contributed by atoms with Gasteiger partial charge in [0.05, 0.1) is 5.69 Å². The number of aliphatic hydroxyl groups excluding tert-OH is 1. The van der Waals surface area contributed by atoms with Crippen molar-refractivity contribution >= 4 is 7.60 Å². The van der Waals surface area contributed by atoms with E-state index in [9.17, 15) is 9.67 Å². The van der Waals surface area contributed by atoms with Crippen LogP contribution in [-0.4, -0.2) is 24.3 Å². The molecule has 1 N–H and O–H groups in total. The Labute approximate surface area is 129 Å². The molecule has 118 valence electrons. The first-order chi connectivity index (χ1) is 10.6. The van der Waals surface area contributed by atoms with Crippen LogP contribution < -0.4 is 4.74 Å². The van der Waals surface area contributed by atoms with Gasteiger partial charge in [-0.3, -0.25) is 9.55 Å². The van der Waals surface area contributed by atoms with Gasteiger partial charge in [-0.1, -0.05) is 18.2 Å². The highest BCUT2D eigenvalue weighted by Gasteiger charge is 2.33. The summed E-state index contributed by atoms with van der Waals surface area (Å²) in [6, 6.07) is 12.2. The summed E-state index contributed by atoms with van der Waals surface area (Å²) < 4.78 is 27.3. The number of aromatic nitrogens is 1. The van der Waals surface area contributed by atoms with Crippen LogP contribution in [0.3, 0.4) is 0 Å². The van der Waals surface area contributed by atoms with E-state index in [2.05, 4.69) is 4.98 Å². The minimum absolute atomic E-state index is 0.345. The molecule has 0 saturated carbocycles. The molecule has 22 heavy (non-hydrogen) atoms. The third-order valence-corrected chi connectivity index (χ3v) is 5.01. The first kappa shape index (κ1) is 16.6. The van der Waals surface area contributed by atoms with Gasteiger partial charge >= 0.3 is 7.60 Å². The molecule has 2 rings (SSSR count).